The number of phenols is 1. The highest BCUT2D eigenvalue weighted by molar-refractivity contribution is 6.52. The number of carbonyl (C=O) groups is 2. The second-order valence-electron chi connectivity index (χ2n) is 7.21. The molecule has 1 aliphatic rings. The summed E-state index contributed by atoms with van der Waals surface area (Å²) in [4.78, 5) is 27.5. The monoisotopic (exact) mass is 503 g/mol. The minimum Gasteiger partial charge on any atom is -0.507 e. The average Bonchev–Trinajstić information content (AvgIpc) is 3.06. The molecule has 1 fully saturated rings. The van der Waals surface area contributed by atoms with Crippen LogP contribution in [0.15, 0.2) is 66.2 Å². The molecule has 0 spiro atoms. The molecular weight excluding hydrogens is 489 g/mol. The molecule has 4 rings (SSSR count). The van der Waals surface area contributed by atoms with E-state index in [-0.39, 0.29) is 27.7 Å². The summed E-state index contributed by atoms with van der Waals surface area (Å²) < 4.78 is 5.20. The number of aliphatic hydroxyl groups is 1. The number of amides is 1. The van der Waals surface area contributed by atoms with Crippen LogP contribution in [0.5, 0.6) is 11.5 Å². The van der Waals surface area contributed by atoms with Crippen molar-refractivity contribution in [3.63, 3.8) is 0 Å². The van der Waals surface area contributed by atoms with E-state index in [1.165, 1.54) is 54.5 Å². The molecule has 0 saturated carbocycles. The summed E-state index contributed by atoms with van der Waals surface area (Å²) in [6.45, 7) is 0. The van der Waals surface area contributed by atoms with Gasteiger partial charge in [0.15, 0.2) is 0 Å². The molecule has 3 aromatic carbocycles. The second kappa shape index (κ2) is 8.98. The number of rotatable bonds is 4. The molecule has 168 valence electrons. The van der Waals surface area contributed by atoms with Gasteiger partial charge in [-0.1, -0.05) is 46.9 Å². The molecule has 1 unspecified atom stereocenters. The van der Waals surface area contributed by atoms with Crippen molar-refractivity contribution in [2.75, 3.05) is 12.0 Å². The number of nitrogens with zero attached hydrogens (tertiary/aromatic N) is 1. The fourth-order valence-electron chi connectivity index (χ4n) is 3.70. The fourth-order valence-corrected chi connectivity index (χ4v) is 4.26. The largest absolute Gasteiger partial charge is 0.507 e. The maximum Gasteiger partial charge on any atom is 0.300 e. The van der Waals surface area contributed by atoms with Crippen LogP contribution in [0.25, 0.3) is 5.76 Å². The molecule has 1 aliphatic heterocycles. The van der Waals surface area contributed by atoms with E-state index in [1.807, 2.05) is 0 Å². The topological polar surface area (TPSA) is 87.1 Å². The van der Waals surface area contributed by atoms with Crippen LogP contribution in [0.3, 0.4) is 0 Å². The number of anilines is 1. The van der Waals surface area contributed by atoms with Crippen molar-refractivity contribution in [3.8, 4) is 11.5 Å². The third kappa shape index (κ3) is 4.13. The summed E-state index contributed by atoms with van der Waals surface area (Å²) in [6.07, 6.45) is 0. The molecule has 1 amide bonds. The minimum absolute atomic E-state index is 0.0253. The van der Waals surface area contributed by atoms with Crippen molar-refractivity contribution in [1.82, 2.24) is 0 Å². The van der Waals surface area contributed by atoms with Gasteiger partial charge in [0.05, 0.1) is 28.8 Å². The van der Waals surface area contributed by atoms with Crippen LogP contribution >= 0.6 is 34.8 Å². The lowest BCUT2D eigenvalue weighted by Crippen LogP contribution is -2.29. The molecule has 0 aromatic heterocycles. The van der Waals surface area contributed by atoms with Crippen molar-refractivity contribution in [2.45, 2.75) is 6.04 Å². The Kier molecular flexibility index (Phi) is 6.26. The van der Waals surface area contributed by atoms with E-state index in [4.69, 9.17) is 39.5 Å². The maximum absolute atomic E-state index is 13.2. The standard InChI is InChI=1S/C24H16Cl3NO5/c1-33-19-10-13(5-7-16(19)26)22(30)20-21(12-6-8-18(29)17(27)9-12)28(24(32)23(20)31)15-4-2-3-14(25)11-15/h2-11,21,29-30H,1H3/b22-20-. The van der Waals surface area contributed by atoms with Gasteiger partial charge in [-0.15, -0.1) is 0 Å². The third-order valence-corrected chi connectivity index (χ3v) is 6.09. The van der Waals surface area contributed by atoms with Gasteiger partial charge < -0.3 is 14.9 Å². The van der Waals surface area contributed by atoms with Gasteiger partial charge in [0.2, 0.25) is 0 Å². The molecule has 1 heterocycles. The number of phenolic OH excluding ortho intramolecular Hbond substituents is 1. The highest BCUT2D eigenvalue weighted by Crippen LogP contribution is 2.44. The Morgan fingerprint density at radius 2 is 1.73 bits per heavy atom. The SMILES string of the molecule is COc1cc(/C(O)=C2/C(=O)C(=O)N(c3cccc(Cl)c3)C2c2ccc(O)c(Cl)c2)ccc1Cl. The smallest absolute Gasteiger partial charge is 0.300 e. The van der Waals surface area contributed by atoms with E-state index in [1.54, 1.807) is 18.2 Å². The van der Waals surface area contributed by atoms with Crippen molar-refractivity contribution in [3.05, 3.63) is 92.4 Å². The predicted molar refractivity (Wildman–Crippen MR) is 127 cm³/mol. The first kappa shape index (κ1) is 23.0. The number of aromatic hydroxyl groups is 1. The number of halogens is 3. The van der Waals surface area contributed by atoms with E-state index < -0.39 is 23.5 Å². The minimum atomic E-state index is -1.04. The number of Topliss-reactive ketones (excluding diaryl/α,β-unsaturated/α-hetero) is 1. The Balaban J connectivity index is 1.98. The highest BCUT2D eigenvalue weighted by Gasteiger charge is 2.47. The zero-order valence-corrected chi connectivity index (χ0v) is 19.3. The zero-order chi connectivity index (χ0) is 23.9. The van der Waals surface area contributed by atoms with Crippen LogP contribution < -0.4 is 9.64 Å². The lowest BCUT2D eigenvalue weighted by molar-refractivity contribution is -0.132. The number of benzene rings is 3. The summed E-state index contributed by atoms with van der Waals surface area (Å²) in [5.41, 5.74) is 0.826. The van der Waals surface area contributed by atoms with Crippen LogP contribution in [-0.2, 0) is 9.59 Å². The maximum atomic E-state index is 13.2. The van der Waals surface area contributed by atoms with E-state index in [0.717, 1.165) is 0 Å². The Labute approximate surface area is 204 Å². The van der Waals surface area contributed by atoms with Crippen molar-refractivity contribution in [1.29, 1.82) is 0 Å². The van der Waals surface area contributed by atoms with Gasteiger partial charge in [0.25, 0.3) is 11.7 Å². The number of ketones is 1. The molecule has 0 radical (unpaired) electrons. The number of ether oxygens (including phenoxy) is 1. The van der Waals surface area contributed by atoms with Gasteiger partial charge >= 0.3 is 0 Å². The van der Waals surface area contributed by atoms with E-state index in [2.05, 4.69) is 0 Å². The fraction of sp³-hybridized carbons (Fsp3) is 0.0833. The van der Waals surface area contributed by atoms with E-state index >= 15 is 0 Å². The molecule has 2 N–H and O–H groups in total. The molecule has 33 heavy (non-hydrogen) atoms. The first-order valence-electron chi connectivity index (χ1n) is 9.61. The lowest BCUT2D eigenvalue weighted by Gasteiger charge is -2.26. The summed E-state index contributed by atoms with van der Waals surface area (Å²) in [5, 5.41) is 21.7. The number of hydrogen-bond donors (Lipinski definition) is 2. The number of methoxy groups -OCH3 is 1. The van der Waals surface area contributed by atoms with Gasteiger partial charge in [0.1, 0.15) is 17.3 Å². The molecular formula is C24H16Cl3NO5. The normalized spacial score (nSPS) is 17.5. The van der Waals surface area contributed by atoms with Crippen LogP contribution in [-0.4, -0.2) is 29.0 Å². The first-order chi connectivity index (χ1) is 15.7. The summed E-state index contributed by atoms with van der Waals surface area (Å²) in [7, 11) is 1.42. The molecule has 0 aliphatic carbocycles. The Morgan fingerprint density at radius 3 is 2.39 bits per heavy atom. The number of hydrogen-bond acceptors (Lipinski definition) is 5. The predicted octanol–water partition coefficient (Wildman–Crippen LogP) is 5.99. The number of aliphatic hydroxyl groups excluding tert-OH is 1. The summed E-state index contributed by atoms with van der Waals surface area (Å²) in [6, 6.07) is 14.2. The summed E-state index contributed by atoms with van der Waals surface area (Å²) in [5.74, 6) is -2.04. The highest BCUT2D eigenvalue weighted by atomic mass is 35.5. The Hall–Kier alpha value is -3.19. The van der Waals surface area contributed by atoms with Crippen LogP contribution in [0.1, 0.15) is 17.2 Å². The van der Waals surface area contributed by atoms with Crippen LogP contribution in [0.2, 0.25) is 15.1 Å². The van der Waals surface area contributed by atoms with Gasteiger partial charge in [-0.3, -0.25) is 14.5 Å². The van der Waals surface area contributed by atoms with Gasteiger partial charge in [-0.05, 0) is 54.1 Å². The molecule has 6 nitrogen and oxygen atoms in total. The molecule has 0 bridgehead atoms. The van der Waals surface area contributed by atoms with Crippen molar-refractivity contribution < 1.29 is 24.5 Å². The molecule has 3 aromatic rings. The Morgan fingerprint density at radius 1 is 0.970 bits per heavy atom. The quantitative estimate of drug-likeness (QED) is 0.259. The number of carbonyl (C=O) groups excluding carboxylic acids is 2. The lowest BCUT2D eigenvalue weighted by atomic mass is 9.95. The van der Waals surface area contributed by atoms with Gasteiger partial charge in [-0.2, -0.15) is 0 Å². The van der Waals surface area contributed by atoms with Crippen LogP contribution in [0, 0.1) is 0 Å². The van der Waals surface area contributed by atoms with Crippen LogP contribution in [0.4, 0.5) is 5.69 Å². The van der Waals surface area contributed by atoms with E-state index in [0.29, 0.717) is 21.3 Å². The first-order valence-corrected chi connectivity index (χ1v) is 10.7. The molecule has 1 atom stereocenters. The second-order valence-corrected chi connectivity index (χ2v) is 8.46. The molecule has 1 saturated heterocycles. The average molecular weight is 505 g/mol. The molecule has 9 heteroatoms. The summed E-state index contributed by atoms with van der Waals surface area (Å²) >= 11 is 18.3. The third-order valence-electron chi connectivity index (χ3n) is 5.24. The zero-order valence-electron chi connectivity index (χ0n) is 17.1. The van der Waals surface area contributed by atoms with Gasteiger partial charge in [0, 0.05) is 16.3 Å². The Bertz CT molecular complexity index is 1320. The van der Waals surface area contributed by atoms with Crippen molar-refractivity contribution in [2.24, 2.45) is 0 Å². The van der Waals surface area contributed by atoms with E-state index in [9.17, 15) is 19.8 Å². The van der Waals surface area contributed by atoms with Gasteiger partial charge in [-0.25, -0.2) is 0 Å². The van der Waals surface area contributed by atoms with Crippen molar-refractivity contribution >= 4 is 57.9 Å².